The first kappa shape index (κ1) is 24.3. The molecule has 166 valence electrons. The Morgan fingerprint density at radius 3 is 2.19 bits per heavy atom. The van der Waals surface area contributed by atoms with Crippen LogP contribution in [0.3, 0.4) is 0 Å². The topological polar surface area (TPSA) is 78.5 Å². The summed E-state index contributed by atoms with van der Waals surface area (Å²) in [6.45, 7) is 5.81. The van der Waals surface area contributed by atoms with Crippen LogP contribution in [0.4, 0.5) is 4.39 Å². The first-order valence-electron chi connectivity index (χ1n) is 10.1. The van der Waals surface area contributed by atoms with Crippen molar-refractivity contribution >= 4 is 29.3 Å². The predicted molar refractivity (Wildman–Crippen MR) is 118 cm³/mol. The number of amides is 3. The normalized spacial score (nSPS) is 11.7. The number of hydrogen-bond donors (Lipinski definition) is 2. The molecule has 2 N–H and O–H groups in total. The van der Waals surface area contributed by atoms with E-state index >= 15 is 0 Å². The molecule has 0 spiro atoms. The van der Waals surface area contributed by atoms with Gasteiger partial charge in [0.15, 0.2) is 0 Å². The molecule has 1 unspecified atom stereocenters. The SMILES string of the molecule is CCN(CC(=O)NCc1ccc(F)cc1)C(=O)C(NC(=O)c1ccc(Cl)cc1)C(C)C. The number of benzene rings is 2. The number of carbonyl (C=O) groups is 3. The molecular weight excluding hydrogens is 421 g/mol. The molecule has 0 fully saturated rings. The summed E-state index contributed by atoms with van der Waals surface area (Å²) in [5.74, 6) is -1.60. The van der Waals surface area contributed by atoms with Crippen LogP contribution in [0, 0.1) is 11.7 Å². The molecule has 0 aliphatic rings. The van der Waals surface area contributed by atoms with Crippen LogP contribution in [-0.2, 0) is 16.1 Å². The fourth-order valence-corrected chi connectivity index (χ4v) is 3.04. The Morgan fingerprint density at radius 1 is 1.03 bits per heavy atom. The average molecular weight is 448 g/mol. The second-order valence-electron chi connectivity index (χ2n) is 7.46. The van der Waals surface area contributed by atoms with E-state index in [4.69, 9.17) is 11.6 Å². The molecule has 0 aliphatic heterocycles. The maximum absolute atomic E-state index is 13.1. The molecule has 0 aromatic heterocycles. The minimum Gasteiger partial charge on any atom is -0.350 e. The third kappa shape index (κ3) is 7.36. The van der Waals surface area contributed by atoms with Gasteiger partial charge in [-0.25, -0.2) is 4.39 Å². The highest BCUT2D eigenvalue weighted by molar-refractivity contribution is 6.30. The summed E-state index contributed by atoms with van der Waals surface area (Å²) in [5.41, 5.74) is 1.14. The average Bonchev–Trinajstić information content (AvgIpc) is 2.75. The summed E-state index contributed by atoms with van der Waals surface area (Å²) >= 11 is 5.86. The largest absolute Gasteiger partial charge is 0.350 e. The van der Waals surface area contributed by atoms with Gasteiger partial charge in [0.2, 0.25) is 11.8 Å². The molecule has 2 aromatic carbocycles. The standard InChI is InChI=1S/C23H27ClFN3O3/c1-4-28(14-20(29)26-13-16-5-11-19(25)12-6-16)23(31)21(15(2)3)27-22(30)17-7-9-18(24)10-8-17/h5-12,15,21H,4,13-14H2,1-3H3,(H,26,29)(H,27,30). The second kappa shape index (κ2) is 11.5. The third-order valence-electron chi connectivity index (χ3n) is 4.76. The Hall–Kier alpha value is -2.93. The minimum absolute atomic E-state index is 0.142. The number of nitrogens with zero attached hydrogens (tertiary/aromatic N) is 1. The Labute approximate surface area is 186 Å². The van der Waals surface area contributed by atoms with Crippen LogP contribution in [0.5, 0.6) is 0 Å². The molecule has 2 rings (SSSR count). The Bertz CT molecular complexity index is 901. The van der Waals surface area contributed by atoms with Crippen LogP contribution in [0.15, 0.2) is 48.5 Å². The lowest BCUT2D eigenvalue weighted by Crippen LogP contribution is -2.53. The smallest absolute Gasteiger partial charge is 0.251 e. The molecule has 1 atom stereocenters. The van der Waals surface area contributed by atoms with E-state index in [-0.39, 0.29) is 42.5 Å². The first-order chi connectivity index (χ1) is 14.7. The molecule has 0 aliphatic carbocycles. The van der Waals surface area contributed by atoms with Gasteiger partial charge in [-0.3, -0.25) is 14.4 Å². The zero-order valence-corrected chi connectivity index (χ0v) is 18.6. The molecule has 0 saturated carbocycles. The highest BCUT2D eigenvalue weighted by atomic mass is 35.5. The van der Waals surface area contributed by atoms with Crippen molar-refractivity contribution in [2.45, 2.75) is 33.4 Å². The van der Waals surface area contributed by atoms with E-state index in [1.54, 1.807) is 43.3 Å². The van der Waals surface area contributed by atoms with Gasteiger partial charge in [0.05, 0.1) is 6.54 Å². The van der Waals surface area contributed by atoms with Crippen molar-refractivity contribution in [3.05, 3.63) is 70.5 Å². The van der Waals surface area contributed by atoms with Crippen LogP contribution in [-0.4, -0.2) is 41.8 Å². The first-order valence-corrected chi connectivity index (χ1v) is 10.5. The molecule has 0 heterocycles. The lowest BCUT2D eigenvalue weighted by atomic mass is 10.0. The zero-order valence-electron chi connectivity index (χ0n) is 17.8. The van der Waals surface area contributed by atoms with E-state index in [0.717, 1.165) is 5.56 Å². The summed E-state index contributed by atoms with van der Waals surface area (Å²) in [6.07, 6.45) is 0. The van der Waals surface area contributed by atoms with Crippen molar-refractivity contribution < 1.29 is 18.8 Å². The molecule has 0 bridgehead atoms. The van der Waals surface area contributed by atoms with Crippen LogP contribution in [0.1, 0.15) is 36.7 Å². The summed E-state index contributed by atoms with van der Waals surface area (Å²) < 4.78 is 13.0. The Kier molecular flexibility index (Phi) is 9.00. The number of carbonyl (C=O) groups excluding carboxylic acids is 3. The van der Waals surface area contributed by atoms with Gasteiger partial charge in [0, 0.05) is 23.7 Å². The highest BCUT2D eigenvalue weighted by Gasteiger charge is 2.29. The predicted octanol–water partition coefficient (Wildman–Crippen LogP) is 3.40. The number of likely N-dealkylation sites (N-methyl/N-ethyl adjacent to an activating group) is 1. The van der Waals surface area contributed by atoms with Crippen molar-refractivity contribution in [3.63, 3.8) is 0 Å². The van der Waals surface area contributed by atoms with Crippen molar-refractivity contribution in [1.29, 1.82) is 0 Å². The van der Waals surface area contributed by atoms with Gasteiger partial charge in [0.25, 0.3) is 5.91 Å². The van der Waals surface area contributed by atoms with E-state index in [0.29, 0.717) is 17.1 Å². The maximum Gasteiger partial charge on any atom is 0.251 e. The fourth-order valence-electron chi connectivity index (χ4n) is 2.91. The second-order valence-corrected chi connectivity index (χ2v) is 7.89. The molecule has 8 heteroatoms. The molecule has 3 amide bonds. The van der Waals surface area contributed by atoms with Crippen molar-refractivity contribution in [1.82, 2.24) is 15.5 Å². The van der Waals surface area contributed by atoms with Crippen LogP contribution >= 0.6 is 11.6 Å². The molecule has 0 saturated heterocycles. The van der Waals surface area contributed by atoms with Crippen LogP contribution in [0.25, 0.3) is 0 Å². The monoisotopic (exact) mass is 447 g/mol. The van der Waals surface area contributed by atoms with E-state index in [1.165, 1.54) is 17.0 Å². The molecule has 0 radical (unpaired) electrons. The zero-order chi connectivity index (χ0) is 23.0. The van der Waals surface area contributed by atoms with Gasteiger partial charge in [-0.15, -0.1) is 0 Å². The van der Waals surface area contributed by atoms with E-state index < -0.39 is 6.04 Å². The van der Waals surface area contributed by atoms with Gasteiger partial charge in [-0.05, 0) is 54.8 Å². The molecule has 2 aromatic rings. The summed E-state index contributed by atoms with van der Waals surface area (Å²) in [6, 6.07) is 11.4. The van der Waals surface area contributed by atoms with Gasteiger partial charge in [-0.2, -0.15) is 0 Å². The van der Waals surface area contributed by atoms with Crippen molar-refractivity contribution in [2.24, 2.45) is 5.92 Å². The Balaban J connectivity index is 1.99. The molecule has 31 heavy (non-hydrogen) atoms. The minimum atomic E-state index is -0.784. The number of rotatable bonds is 9. The summed E-state index contributed by atoms with van der Waals surface area (Å²) in [4.78, 5) is 39.4. The van der Waals surface area contributed by atoms with Gasteiger partial charge in [-0.1, -0.05) is 37.6 Å². The number of hydrogen-bond acceptors (Lipinski definition) is 3. The van der Waals surface area contributed by atoms with Gasteiger partial charge in [0.1, 0.15) is 11.9 Å². The summed E-state index contributed by atoms with van der Waals surface area (Å²) in [5, 5.41) is 6.00. The third-order valence-corrected chi connectivity index (χ3v) is 5.01. The number of halogens is 2. The molecule has 6 nitrogen and oxygen atoms in total. The highest BCUT2D eigenvalue weighted by Crippen LogP contribution is 2.12. The van der Waals surface area contributed by atoms with Crippen LogP contribution in [0.2, 0.25) is 5.02 Å². The Morgan fingerprint density at radius 2 is 1.65 bits per heavy atom. The van der Waals surface area contributed by atoms with E-state index in [9.17, 15) is 18.8 Å². The number of nitrogens with one attached hydrogen (secondary N) is 2. The lowest BCUT2D eigenvalue weighted by molar-refractivity contribution is -0.138. The van der Waals surface area contributed by atoms with Crippen molar-refractivity contribution in [3.8, 4) is 0 Å². The summed E-state index contributed by atoms with van der Waals surface area (Å²) in [7, 11) is 0. The lowest BCUT2D eigenvalue weighted by Gasteiger charge is -2.28. The molecular formula is C23H27ClFN3O3. The van der Waals surface area contributed by atoms with Crippen molar-refractivity contribution in [2.75, 3.05) is 13.1 Å². The van der Waals surface area contributed by atoms with Crippen LogP contribution < -0.4 is 10.6 Å². The van der Waals surface area contributed by atoms with E-state index in [1.807, 2.05) is 13.8 Å². The quantitative estimate of drug-likeness (QED) is 0.618. The fraction of sp³-hybridized carbons (Fsp3) is 0.348. The van der Waals surface area contributed by atoms with Gasteiger partial charge < -0.3 is 15.5 Å². The maximum atomic E-state index is 13.1. The van der Waals surface area contributed by atoms with E-state index in [2.05, 4.69) is 10.6 Å². The van der Waals surface area contributed by atoms with Gasteiger partial charge >= 0.3 is 0 Å².